The van der Waals surface area contributed by atoms with E-state index >= 15 is 0 Å². The molecule has 0 atom stereocenters. The molecule has 3 rings (SSSR count). The van der Waals surface area contributed by atoms with Crippen molar-refractivity contribution in [2.75, 3.05) is 5.32 Å². The SMILES string of the molecule is O=[N+]([O-])c1cnc2ccsc2c1NCc1ccc(CO)o1. The molecule has 0 saturated heterocycles. The van der Waals surface area contributed by atoms with Gasteiger partial charge in [-0.25, -0.2) is 4.98 Å². The van der Waals surface area contributed by atoms with Crippen LogP contribution in [0.25, 0.3) is 10.2 Å². The number of nitro groups is 1. The molecular formula is C13H11N3O4S. The van der Waals surface area contributed by atoms with Crippen LogP contribution in [0.2, 0.25) is 0 Å². The van der Waals surface area contributed by atoms with Crippen molar-refractivity contribution >= 4 is 32.9 Å². The number of anilines is 1. The molecule has 0 unspecified atom stereocenters. The first-order chi connectivity index (χ1) is 10.2. The summed E-state index contributed by atoms with van der Waals surface area (Å²) in [7, 11) is 0. The fourth-order valence-electron chi connectivity index (χ4n) is 1.99. The van der Waals surface area contributed by atoms with Crippen molar-refractivity contribution in [1.82, 2.24) is 4.98 Å². The molecule has 0 aliphatic heterocycles. The first-order valence-corrected chi connectivity index (χ1v) is 7.00. The highest BCUT2D eigenvalue weighted by molar-refractivity contribution is 7.17. The van der Waals surface area contributed by atoms with Gasteiger partial charge >= 0.3 is 5.69 Å². The molecule has 0 aliphatic rings. The van der Waals surface area contributed by atoms with Gasteiger partial charge in [-0.05, 0) is 23.6 Å². The second-order valence-corrected chi connectivity index (χ2v) is 5.21. The molecule has 2 N–H and O–H groups in total. The Morgan fingerprint density at radius 1 is 1.38 bits per heavy atom. The Morgan fingerprint density at radius 3 is 2.90 bits per heavy atom. The third-order valence-corrected chi connectivity index (χ3v) is 3.88. The number of nitrogens with zero attached hydrogens (tertiary/aromatic N) is 2. The summed E-state index contributed by atoms with van der Waals surface area (Å²) in [6.07, 6.45) is 1.25. The van der Waals surface area contributed by atoms with Crippen molar-refractivity contribution in [3.63, 3.8) is 0 Å². The number of hydrogen-bond acceptors (Lipinski definition) is 7. The molecule has 0 spiro atoms. The Morgan fingerprint density at radius 2 is 2.19 bits per heavy atom. The highest BCUT2D eigenvalue weighted by atomic mass is 32.1. The van der Waals surface area contributed by atoms with E-state index in [4.69, 9.17) is 9.52 Å². The van der Waals surface area contributed by atoms with Crippen LogP contribution in [0.4, 0.5) is 11.4 Å². The molecule has 8 heteroatoms. The number of rotatable bonds is 5. The summed E-state index contributed by atoms with van der Waals surface area (Å²) < 4.78 is 6.09. The number of hydrogen-bond donors (Lipinski definition) is 2. The highest BCUT2D eigenvalue weighted by Gasteiger charge is 2.19. The van der Waals surface area contributed by atoms with Crippen LogP contribution in [0.15, 0.2) is 34.2 Å². The zero-order valence-corrected chi connectivity index (χ0v) is 11.6. The zero-order valence-electron chi connectivity index (χ0n) is 10.8. The minimum Gasteiger partial charge on any atom is -0.462 e. The van der Waals surface area contributed by atoms with Crippen LogP contribution < -0.4 is 5.32 Å². The number of aromatic nitrogens is 1. The third kappa shape index (κ3) is 2.58. The predicted molar refractivity (Wildman–Crippen MR) is 78.2 cm³/mol. The van der Waals surface area contributed by atoms with Gasteiger partial charge in [0.15, 0.2) is 0 Å². The number of pyridine rings is 1. The van der Waals surface area contributed by atoms with E-state index < -0.39 is 4.92 Å². The number of aliphatic hydroxyl groups excluding tert-OH is 1. The Hall–Kier alpha value is -2.45. The van der Waals surface area contributed by atoms with Crippen LogP contribution in [0.1, 0.15) is 11.5 Å². The normalized spacial score (nSPS) is 10.9. The van der Waals surface area contributed by atoms with Crippen LogP contribution in [-0.2, 0) is 13.2 Å². The highest BCUT2D eigenvalue weighted by Crippen LogP contribution is 2.35. The summed E-state index contributed by atoms with van der Waals surface area (Å²) in [5, 5.41) is 24.9. The van der Waals surface area contributed by atoms with Gasteiger partial charge < -0.3 is 14.8 Å². The minimum atomic E-state index is -0.463. The van der Waals surface area contributed by atoms with E-state index in [0.29, 0.717) is 22.7 Å². The molecule has 0 radical (unpaired) electrons. The van der Waals surface area contributed by atoms with Gasteiger partial charge in [-0.15, -0.1) is 11.3 Å². The van der Waals surface area contributed by atoms with Crippen LogP contribution in [0.5, 0.6) is 0 Å². The fourth-order valence-corrected chi connectivity index (χ4v) is 2.86. The lowest BCUT2D eigenvalue weighted by Gasteiger charge is -2.06. The third-order valence-electron chi connectivity index (χ3n) is 2.96. The van der Waals surface area contributed by atoms with Crippen LogP contribution in [0, 0.1) is 10.1 Å². The lowest BCUT2D eigenvalue weighted by Crippen LogP contribution is -2.02. The molecule has 0 saturated carbocycles. The summed E-state index contributed by atoms with van der Waals surface area (Å²) in [4.78, 5) is 14.7. The average Bonchev–Trinajstić information content (AvgIpc) is 3.12. The molecule has 3 aromatic heterocycles. The molecule has 7 nitrogen and oxygen atoms in total. The Labute approximate surface area is 123 Å². The Balaban J connectivity index is 1.92. The van der Waals surface area contributed by atoms with Gasteiger partial charge in [-0.2, -0.15) is 0 Å². The van der Waals surface area contributed by atoms with Gasteiger partial charge in [0.1, 0.15) is 30.0 Å². The van der Waals surface area contributed by atoms with Crippen molar-refractivity contribution < 1.29 is 14.4 Å². The van der Waals surface area contributed by atoms with Crippen molar-refractivity contribution in [3.05, 3.63) is 51.4 Å². The first kappa shape index (κ1) is 13.5. The lowest BCUT2D eigenvalue weighted by molar-refractivity contribution is -0.384. The number of aliphatic hydroxyl groups is 1. The zero-order chi connectivity index (χ0) is 14.8. The molecule has 0 bridgehead atoms. The van der Waals surface area contributed by atoms with E-state index in [0.717, 1.165) is 4.70 Å². The molecule has 0 aromatic carbocycles. The minimum absolute atomic E-state index is 0.0705. The molecule has 0 fully saturated rings. The maximum Gasteiger partial charge on any atom is 0.311 e. The Bertz CT molecular complexity index is 796. The van der Waals surface area contributed by atoms with E-state index in [2.05, 4.69) is 10.3 Å². The smallest absolute Gasteiger partial charge is 0.311 e. The van der Waals surface area contributed by atoms with Crippen molar-refractivity contribution in [2.45, 2.75) is 13.2 Å². The van der Waals surface area contributed by atoms with Crippen molar-refractivity contribution in [1.29, 1.82) is 0 Å². The standard InChI is InChI=1S/C13H11N3O4S/c17-7-9-2-1-8(20-9)5-15-12-11(16(18)19)6-14-10-3-4-21-13(10)12/h1-4,6,17H,5,7H2,(H,14,15). The van der Waals surface area contributed by atoms with Crippen LogP contribution in [-0.4, -0.2) is 15.0 Å². The number of nitrogens with one attached hydrogen (secondary N) is 1. The summed E-state index contributed by atoms with van der Waals surface area (Å²) in [5.41, 5.74) is 1.07. The topological polar surface area (TPSA) is 101 Å². The summed E-state index contributed by atoms with van der Waals surface area (Å²) >= 11 is 1.39. The summed E-state index contributed by atoms with van der Waals surface area (Å²) in [6, 6.07) is 5.20. The van der Waals surface area contributed by atoms with Crippen LogP contribution in [0.3, 0.4) is 0 Å². The average molecular weight is 305 g/mol. The van der Waals surface area contributed by atoms with E-state index in [1.54, 1.807) is 12.1 Å². The van der Waals surface area contributed by atoms with Gasteiger partial charge in [0.2, 0.25) is 0 Å². The molecule has 21 heavy (non-hydrogen) atoms. The summed E-state index contributed by atoms with van der Waals surface area (Å²) in [6.45, 7) is 0.114. The lowest BCUT2D eigenvalue weighted by atomic mass is 10.3. The quantitative estimate of drug-likeness (QED) is 0.555. The van der Waals surface area contributed by atoms with E-state index in [9.17, 15) is 10.1 Å². The number of thiophene rings is 1. The van der Waals surface area contributed by atoms with Gasteiger partial charge in [0.05, 0.1) is 21.7 Å². The van der Waals surface area contributed by atoms with E-state index in [1.807, 2.05) is 11.4 Å². The second kappa shape index (κ2) is 5.51. The number of furan rings is 1. The van der Waals surface area contributed by atoms with E-state index in [-0.39, 0.29) is 18.8 Å². The van der Waals surface area contributed by atoms with Crippen LogP contribution >= 0.6 is 11.3 Å². The van der Waals surface area contributed by atoms with Crippen molar-refractivity contribution in [2.24, 2.45) is 0 Å². The van der Waals surface area contributed by atoms with Gasteiger partial charge in [-0.3, -0.25) is 10.1 Å². The summed E-state index contributed by atoms with van der Waals surface area (Å²) in [5.74, 6) is 1.05. The molecule has 108 valence electrons. The fraction of sp³-hybridized carbons (Fsp3) is 0.154. The predicted octanol–water partition coefficient (Wildman–Crippen LogP) is 2.90. The van der Waals surface area contributed by atoms with Gasteiger partial charge in [-0.1, -0.05) is 0 Å². The second-order valence-electron chi connectivity index (χ2n) is 4.29. The monoisotopic (exact) mass is 305 g/mol. The van der Waals surface area contributed by atoms with Gasteiger partial charge in [0.25, 0.3) is 0 Å². The van der Waals surface area contributed by atoms with E-state index in [1.165, 1.54) is 17.5 Å². The Kier molecular flexibility index (Phi) is 3.55. The van der Waals surface area contributed by atoms with Crippen molar-refractivity contribution in [3.8, 4) is 0 Å². The van der Waals surface area contributed by atoms with Gasteiger partial charge in [0, 0.05) is 0 Å². The molecule has 3 aromatic rings. The molecule has 3 heterocycles. The maximum absolute atomic E-state index is 11.1. The largest absolute Gasteiger partial charge is 0.462 e. The molecule has 0 amide bonds. The first-order valence-electron chi connectivity index (χ1n) is 6.12. The molecular weight excluding hydrogens is 294 g/mol. The number of fused-ring (bicyclic) bond motifs is 1. The maximum atomic E-state index is 11.1. The molecule has 0 aliphatic carbocycles.